The molecule has 2 N–H and O–H groups in total. The SMILES string of the molecule is CN=C(NCC(=O)NC(C)(C)C)N(C)Cc1ccc(OC)cc1OC.I. The lowest BCUT2D eigenvalue weighted by atomic mass is 10.1. The summed E-state index contributed by atoms with van der Waals surface area (Å²) in [4.78, 5) is 18.1. The molecule has 7 nitrogen and oxygen atoms in total. The Hall–Kier alpha value is -1.71. The molecule has 26 heavy (non-hydrogen) atoms. The summed E-state index contributed by atoms with van der Waals surface area (Å²) in [5.74, 6) is 2.03. The third-order valence-corrected chi connectivity index (χ3v) is 3.40. The minimum Gasteiger partial charge on any atom is -0.497 e. The molecule has 0 aliphatic carbocycles. The van der Waals surface area contributed by atoms with Crippen molar-refractivity contribution >= 4 is 35.8 Å². The quantitative estimate of drug-likeness (QED) is 0.373. The van der Waals surface area contributed by atoms with Crippen molar-refractivity contribution in [1.82, 2.24) is 15.5 Å². The minimum absolute atomic E-state index is 0. The molecule has 0 saturated carbocycles. The van der Waals surface area contributed by atoms with Crippen molar-refractivity contribution in [3.63, 3.8) is 0 Å². The Kier molecular flexibility index (Phi) is 10.4. The monoisotopic (exact) mass is 478 g/mol. The minimum atomic E-state index is -0.259. The largest absolute Gasteiger partial charge is 0.497 e. The molecule has 0 spiro atoms. The van der Waals surface area contributed by atoms with Crippen LogP contribution in [0.25, 0.3) is 0 Å². The summed E-state index contributed by atoms with van der Waals surface area (Å²) in [7, 11) is 6.84. The van der Waals surface area contributed by atoms with Crippen molar-refractivity contribution in [3.05, 3.63) is 23.8 Å². The van der Waals surface area contributed by atoms with E-state index in [0.717, 1.165) is 17.1 Å². The number of aliphatic imine (C=N–C) groups is 1. The van der Waals surface area contributed by atoms with Crippen LogP contribution in [0.5, 0.6) is 11.5 Å². The van der Waals surface area contributed by atoms with Crippen molar-refractivity contribution in [2.75, 3.05) is 34.9 Å². The molecule has 148 valence electrons. The van der Waals surface area contributed by atoms with Gasteiger partial charge in [0.15, 0.2) is 5.96 Å². The molecule has 0 bridgehead atoms. The van der Waals surface area contributed by atoms with Crippen LogP contribution in [0.3, 0.4) is 0 Å². The summed E-state index contributed by atoms with van der Waals surface area (Å²) in [5.41, 5.74) is 0.734. The zero-order valence-corrected chi connectivity index (χ0v) is 19.0. The molecule has 0 aromatic heterocycles. The van der Waals surface area contributed by atoms with Crippen LogP contribution in [-0.2, 0) is 11.3 Å². The van der Waals surface area contributed by atoms with Gasteiger partial charge in [-0.3, -0.25) is 9.79 Å². The summed E-state index contributed by atoms with van der Waals surface area (Å²) in [6.45, 7) is 6.58. The highest BCUT2D eigenvalue weighted by Gasteiger charge is 2.15. The predicted molar refractivity (Wildman–Crippen MR) is 116 cm³/mol. The van der Waals surface area contributed by atoms with Gasteiger partial charge in [0.2, 0.25) is 5.91 Å². The molecule has 0 atom stereocenters. The Balaban J connectivity index is 0.00000625. The van der Waals surface area contributed by atoms with E-state index >= 15 is 0 Å². The second-order valence-electron chi connectivity index (χ2n) is 6.73. The molecule has 0 aliphatic heterocycles. The van der Waals surface area contributed by atoms with Gasteiger partial charge in [-0.15, -0.1) is 24.0 Å². The van der Waals surface area contributed by atoms with Gasteiger partial charge in [0, 0.05) is 37.8 Å². The highest BCUT2D eigenvalue weighted by atomic mass is 127. The molecule has 0 aliphatic rings. The van der Waals surface area contributed by atoms with E-state index in [4.69, 9.17) is 9.47 Å². The van der Waals surface area contributed by atoms with E-state index in [1.54, 1.807) is 21.3 Å². The molecule has 0 saturated heterocycles. The maximum atomic E-state index is 11.9. The molecular weight excluding hydrogens is 447 g/mol. The first-order valence-electron chi connectivity index (χ1n) is 8.14. The van der Waals surface area contributed by atoms with E-state index in [-0.39, 0.29) is 42.0 Å². The van der Waals surface area contributed by atoms with E-state index in [0.29, 0.717) is 12.5 Å². The third-order valence-electron chi connectivity index (χ3n) is 3.40. The van der Waals surface area contributed by atoms with Crippen molar-refractivity contribution < 1.29 is 14.3 Å². The topological polar surface area (TPSA) is 75.2 Å². The van der Waals surface area contributed by atoms with E-state index in [2.05, 4.69) is 15.6 Å². The van der Waals surface area contributed by atoms with Gasteiger partial charge >= 0.3 is 0 Å². The van der Waals surface area contributed by atoms with Crippen molar-refractivity contribution in [2.45, 2.75) is 32.9 Å². The van der Waals surface area contributed by atoms with E-state index in [1.807, 2.05) is 50.9 Å². The van der Waals surface area contributed by atoms with E-state index in [1.165, 1.54) is 0 Å². The second-order valence-corrected chi connectivity index (χ2v) is 6.73. The molecule has 0 fully saturated rings. The first kappa shape index (κ1) is 24.3. The molecule has 0 unspecified atom stereocenters. The average Bonchev–Trinajstić information content (AvgIpc) is 2.54. The number of amides is 1. The third kappa shape index (κ3) is 8.11. The zero-order chi connectivity index (χ0) is 19.0. The van der Waals surface area contributed by atoms with Gasteiger partial charge in [0.1, 0.15) is 11.5 Å². The van der Waals surface area contributed by atoms with Gasteiger partial charge in [-0.2, -0.15) is 0 Å². The van der Waals surface area contributed by atoms with Crippen molar-refractivity contribution in [2.24, 2.45) is 4.99 Å². The second kappa shape index (κ2) is 11.1. The van der Waals surface area contributed by atoms with Crippen LogP contribution in [0.2, 0.25) is 0 Å². The van der Waals surface area contributed by atoms with Crippen molar-refractivity contribution in [3.8, 4) is 11.5 Å². The molecular formula is C18H31IN4O3. The van der Waals surface area contributed by atoms with Gasteiger partial charge < -0.3 is 25.0 Å². The summed E-state index contributed by atoms with van der Waals surface area (Å²) in [6, 6.07) is 5.68. The first-order chi connectivity index (χ1) is 11.7. The molecule has 1 rings (SSSR count). The van der Waals surface area contributed by atoms with Crippen LogP contribution < -0.4 is 20.1 Å². The fourth-order valence-electron chi connectivity index (χ4n) is 2.32. The van der Waals surface area contributed by atoms with Gasteiger partial charge in [-0.05, 0) is 32.9 Å². The fourth-order valence-corrected chi connectivity index (χ4v) is 2.32. The number of ether oxygens (including phenoxy) is 2. The van der Waals surface area contributed by atoms with Crippen LogP contribution in [0.1, 0.15) is 26.3 Å². The number of nitrogens with zero attached hydrogens (tertiary/aromatic N) is 2. The van der Waals surface area contributed by atoms with Crippen LogP contribution in [0.4, 0.5) is 0 Å². The molecule has 0 radical (unpaired) electrons. The molecule has 1 amide bonds. The molecule has 0 heterocycles. The van der Waals surface area contributed by atoms with Gasteiger partial charge in [0.05, 0.1) is 20.8 Å². The number of hydrogen-bond acceptors (Lipinski definition) is 4. The highest BCUT2D eigenvalue weighted by Crippen LogP contribution is 2.25. The summed E-state index contributed by atoms with van der Waals surface area (Å²) < 4.78 is 10.6. The maximum absolute atomic E-state index is 11.9. The normalized spacial score (nSPS) is 11.3. The van der Waals surface area contributed by atoms with Gasteiger partial charge in [-0.1, -0.05) is 0 Å². The Bertz CT molecular complexity index is 615. The van der Waals surface area contributed by atoms with Crippen LogP contribution in [0, 0.1) is 0 Å². The standard InChI is InChI=1S/C18H30N4O3.HI/c1-18(2,3)21-16(23)11-20-17(19-4)22(5)12-13-8-9-14(24-6)10-15(13)25-7;/h8-10H,11-12H2,1-7H3,(H,19,20)(H,21,23);1H. The number of rotatable bonds is 6. The lowest BCUT2D eigenvalue weighted by Crippen LogP contribution is -2.48. The maximum Gasteiger partial charge on any atom is 0.239 e. The van der Waals surface area contributed by atoms with Crippen LogP contribution in [-0.4, -0.2) is 57.2 Å². The van der Waals surface area contributed by atoms with Crippen molar-refractivity contribution in [1.29, 1.82) is 0 Å². The van der Waals surface area contributed by atoms with E-state index in [9.17, 15) is 4.79 Å². The Labute approximate surface area is 173 Å². The fraction of sp³-hybridized carbons (Fsp3) is 0.556. The number of hydrogen-bond donors (Lipinski definition) is 2. The van der Waals surface area contributed by atoms with E-state index < -0.39 is 0 Å². The summed E-state index contributed by atoms with van der Waals surface area (Å²) >= 11 is 0. The number of guanidine groups is 1. The van der Waals surface area contributed by atoms with Gasteiger partial charge in [0.25, 0.3) is 0 Å². The number of benzene rings is 1. The highest BCUT2D eigenvalue weighted by molar-refractivity contribution is 14.0. The zero-order valence-electron chi connectivity index (χ0n) is 16.7. The molecule has 1 aromatic rings. The number of halogens is 1. The molecule has 8 heteroatoms. The lowest BCUT2D eigenvalue weighted by molar-refractivity contribution is -0.121. The number of methoxy groups -OCH3 is 2. The number of nitrogens with one attached hydrogen (secondary N) is 2. The first-order valence-corrected chi connectivity index (χ1v) is 8.14. The smallest absolute Gasteiger partial charge is 0.239 e. The van der Waals surface area contributed by atoms with Gasteiger partial charge in [-0.25, -0.2) is 0 Å². The Morgan fingerprint density at radius 3 is 2.38 bits per heavy atom. The Morgan fingerprint density at radius 1 is 1.23 bits per heavy atom. The van der Waals surface area contributed by atoms with Crippen LogP contribution in [0.15, 0.2) is 23.2 Å². The average molecular weight is 478 g/mol. The lowest BCUT2D eigenvalue weighted by Gasteiger charge is -2.24. The predicted octanol–water partition coefficient (Wildman–Crippen LogP) is 2.24. The summed E-state index contributed by atoms with van der Waals surface area (Å²) in [6.07, 6.45) is 0. The number of carbonyl (C=O) groups excluding carboxylic acids is 1. The summed E-state index contributed by atoms with van der Waals surface area (Å²) in [5, 5.41) is 5.98. The molecule has 1 aromatic carbocycles. The Morgan fingerprint density at radius 2 is 1.88 bits per heavy atom. The number of carbonyl (C=O) groups is 1. The van der Waals surface area contributed by atoms with Crippen LogP contribution >= 0.6 is 24.0 Å².